The summed E-state index contributed by atoms with van der Waals surface area (Å²) < 4.78 is 5.46. The van der Waals surface area contributed by atoms with E-state index in [9.17, 15) is 9.90 Å². The van der Waals surface area contributed by atoms with Gasteiger partial charge < -0.3 is 14.8 Å². The van der Waals surface area contributed by atoms with Gasteiger partial charge in [0.2, 0.25) is 5.89 Å². The highest BCUT2D eigenvalue weighted by atomic mass is 16.3. The van der Waals surface area contributed by atoms with Gasteiger partial charge in [-0.05, 0) is 26.2 Å². The lowest BCUT2D eigenvalue weighted by Crippen LogP contribution is -2.48. The lowest BCUT2D eigenvalue weighted by atomic mass is 10.1. The van der Waals surface area contributed by atoms with Crippen LogP contribution in [0.5, 0.6) is 0 Å². The Bertz CT molecular complexity index is 567. The predicted molar refractivity (Wildman–Crippen MR) is 101 cm³/mol. The lowest BCUT2D eigenvalue weighted by Gasteiger charge is -2.34. The zero-order valence-electron chi connectivity index (χ0n) is 16.0. The zero-order chi connectivity index (χ0) is 18.9. The van der Waals surface area contributed by atoms with Crippen molar-refractivity contribution in [2.24, 2.45) is 0 Å². The number of oxazole rings is 1. The van der Waals surface area contributed by atoms with Crippen molar-refractivity contribution in [1.29, 1.82) is 0 Å². The van der Waals surface area contributed by atoms with Gasteiger partial charge in [0.1, 0.15) is 6.26 Å². The van der Waals surface area contributed by atoms with E-state index in [0.717, 1.165) is 45.4 Å². The fourth-order valence-electron chi connectivity index (χ4n) is 2.91. The zero-order valence-corrected chi connectivity index (χ0v) is 16.0. The van der Waals surface area contributed by atoms with Gasteiger partial charge in [-0.25, -0.2) is 4.98 Å². The molecule has 2 rings (SSSR count). The second-order valence-electron chi connectivity index (χ2n) is 7.01. The molecule has 2 N–H and O–H groups in total. The van der Waals surface area contributed by atoms with Crippen LogP contribution in [-0.4, -0.2) is 70.7 Å². The molecule has 1 aromatic rings. The molecule has 1 aliphatic heterocycles. The molecule has 0 bridgehead atoms. The first kappa shape index (κ1) is 20.6. The number of carbonyl (C=O) groups excluding carboxylic acids is 1. The smallest absolute Gasteiger partial charge is 0.273 e. The number of hydrogen-bond acceptors (Lipinski definition) is 6. The van der Waals surface area contributed by atoms with Gasteiger partial charge in [0.05, 0.1) is 12.6 Å². The minimum Gasteiger partial charge on any atom is -0.447 e. The van der Waals surface area contributed by atoms with E-state index < -0.39 is 0 Å². The highest BCUT2D eigenvalue weighted by Crippen LogP contribution is 2.11. The van der Waals surface area contributed by atoms with E-state index >= 15 is 0 Å². The van der Waals surface area contributed by atoms with Gasteiger partial charge in [-0.2, -0.15) is 0 Å². The maximum absolute atomic E-state index is 12.1. The summed E-state index contributed by atoms with van der Waals surface area (Å²) in [5, 5.41) is 12.9. The fraction of sp³-hybridized carbons (Fsp3) is 0.684. The SMILES string of the molecule is C=CCCC(O)CN1CCN(Cc2nc(C(=O)NC(C)CC)co2)CC1. The molecule has 0 aliphatic carbocycles. The standard InChI is InChI=1S/C19H32N4O3/c1-4-6-7-16(24)12-22-8-10-23(11-9-22)13-18-21-17(14-26-18)19(25)20-15(3)5-2/h4,14-16,24H,1,5-13H2,2-3H3,(H,20,25). The van der Waals surface area contributed by atoms with Gasteiger partial charge in [-0.15, -0.1) is 6.58 Å². The summed E-state index contributed by atoms with van der Waals surface area (Å²) in [5.74, 6) is 0.381. The number of aromatic nitrogens is 1. The maximum atomic E-state index is 12.1. The van der Waals surface area contributed by atoms with Crippen LogP contribution in [-0.2, 0) is 6.54 Å². The molecule has 1 aliphatic rings. The Balaban J connectivity index is 1.74. The van der Waals surface area contributed by atoms with Crippen LogP contribution in [0.3, 0.4) is 0 Å². The van der Waals surface area contributed by atoms with Crippen LogP contribution in [0.1, 0.15) is 49.5 Å². The summed E-state index contributed by atoms with van der Waals surface area (Å²) in [7, 11) is 0. The van der Waals surface area contributed by atoms with Crippen LogP contribution in [0.2, 0.25) is 0 Å². The Labute approximate surface area is 156 Å². The molecule has 146 valence electrons. The number of β-amino-alcohol motifs (C(OH)–C–C–N with tert-alkyl or cyclic N) is 1. The van der Waals surface area contributed by atoms with Crippen molar-refractivity contribution in [3.05, 3.63) is 30.5 Å². The molecule has 2 heterocycles. The van der Waals surface area contributed by atoms with Crippen LogP contribution in [0, 0.1) is 0 Å². The van der Waals surface area contributed by atoms with Gasteiger partial charge in [-0.1, -0.05) is 13.0 Å². The first-order valence-corrected chi connectivity index (χ1v) is 9.50. The van der Waals surface area contributed by atoms with E-state index in [-0.39, 0.29) is 18.1 Å². The number of piperazine rings is 1. The van der Waals surface area contributed by atoms with Crippen LogP contribution < -0.4 is 5.32 Å². The quantitative estimate of drug-likeness (QED) is 0.615. The van der Waals surface area contributed by atoms with E-state index in [2.05, 4.69) is 26.7 Å². The van der Waals surface area contributed by atoms with Crippen molar-refractivity contribution in [3.63, 3.8) is 0 Å². The van der Waals surface area contributed by atoms with E-state index in [1.807, 2.05) is 19.9 Å². The molecule has 1 amide bonds. The topological polar surface area (TPSA) is 81.8 Å². The van der Waals surface area contributed by atoms with E-state index in [1.54, 1.807) is 0 Å². The molecule has 1 aromatic heterocycles. The molecule has 7 nitrogen and oxygen atoms in total. The summed E-state index contributed by atoms with van der Waals surface area (Å²) in [6.07, 6.45) is 5.47. The molecule has 1 saturated heterocycles. The summed E-state index contributed by atoms with van der Waals surface area (Å²) in [4.78, 5) is 20.9. The molecule has 26 heavy (non-hydrogen) atoms. The first-order valence-electron chi connectivity index (χ1n) is 9.50. The molecular weight excluding hydrogens is 332 g/mol. The molecule has 7 heteroatoms. The number of aliphatic hydroxyl groups excluding tert-OH is 1. The highest BCUT2D eigenvalue weighted by Gasteiger charge is 2.21. The average Bonchev–Trinajstić information content (AvgIpc) is 3.10. The van der Waals surface area contributed by atoms with Crippen molar-refractivity contribution in [2.45, 2.75) is 51.8 Å². The Kier molecular flexibility index (Phi) is 8.28. The van der Waals surface area contributed by atoms with Crippen LogP contribution in [0.4, 0.5) is 0 Å². The van der Waals surface area contributed by atoms with Crippen LogP contribution in [0.15, 0.2) is 23.3 Å². The van der Waals surface area contributed by atoms with E-state index in [1.165, 1.54) is 6.26 Å². The normalized spacial score (nSPS) is 18.4. The Morgan fingerprint density at radius 1 is 1.42 bits per heavy atom. The number of amides is 1. The van der Waals surface area contributed by atoms with Gasteiger partial charge in [-0.3, -0.25) is 14.6 Å². The van der Waals surface area contributed by atoms with Crippen molar-refractivity contribution >= 4 is 5.91 Å². The fourth-order valence-corrected chi connectivity index (χ4v) is 2.91. The number of aliphatic hydroxyl groups is 1. The van der Waals surface area contributed by atoms with Crippen LogP contribution >= 0.6 is 0 Å². The van der Waals surface area contributed by atoms with Gasteiger partial charge in [0.25, 0.3) is 5.91 Å². The van der Waals surface area contributed by atoms with Crippen molar-refractivity contribution in [3.8, 4) is 0 Å². The van der Waals surface area contributed by atoms with E-state index in [4.69, 9.17) is 4.42 Å². The third-order valence-corrected chi connectivity index (χ3v) is 4.77. The monoisotopic (exact) mass is 364 g/mol. The summed E-state index contributed by atoms with van der Waals surface area (Å²) in [6, 6.07) is 0.123. The van der Waals surface area contributed by atoms with Crippen molar-refractivity contribution in [1.82, 2.24) is 20.1 Å². The molecule has 0 spiro atoms. The molecule has 1 fully saturated rings. The number of allylic oxidation sites excluding steroid dienone is 1. The molecule has 0 aromatic carbocycles. The van der Waals surface area contributed by atoms with Gasteiger partial charge in [0.15, 0.2) is 5.69 Å². The molecule has 0 saturated carbocycles. The summed E-state index contributed by atoms with van der Waals surface area (Å²) in [6.45, 7) is 12.6. The maximum Gasteiger partial charge on any atom is 0.273 e. The second kappa shape index (κ2) is 10.4. The number of rotatable bonds is 10. The van der Waals surface area contributed by atoms with Crippen molar-refractivity contribution in [2.75, 3.05) is 32.7 Å². The minimum absolute atomic E-state index is 0.123. The molecule has 2 atom stereocenters. The lowest BCUT2D eigenvalue weighted by molar-refractivity contribution is 0.0642. The Morgan fingerprint density at radius 2 is 2.12 bits per heavy atom. The first-order chi connectivity index (χ1) is 12.5. The Morgan fingerprint density at radius 3 is 2.77 bits per heavy atom. The van der Waals surface area contributed by atoms with Gasteiger partial charge in [0, 0.05) is 38.8 Å². The predicted octanol–water partition coefficient (Wildman–Crippen LogP) is 1.65. The third kappa shape index (κ3) is 6.55. The molecular formula is C19H32N4O3. The van der Waals surface area contributed by atoms with Gasteiger partial charge >= 0.3 is 0 Å². The minimum atomic E-state index is -0.294. The number of hydrogen-bond donors (Lipinski definition) is 2. The second-order valence-corrected chi connectivity index (χ2v) is 7.01. The molecule has 0 radical (unpaired) electrons. The highest BCUT2D eigenvalue weighted by molar-refractivity contribution is 5.92. The number of nitrogens with zero attached hydrogens (tertiary/aromatic N) is 3. The third-order valence-electron chi connectivity index (χ3n) is 4.77. The Hall–Kier alpha value is -1.70. The number of nitrogens with one attached hydrogen (secondary N) is 1. The largest absolute Gasteiger partial charge is 0.447 e. The average molecular weight is 364 g/mol. The van der Waals surface area contributed by atoms with Crippen molar-refractivity contribution < 1.29 is 14.3 Å². The van der Waals surface area contributed by atoms with E-state index in [0.29, 0.717) is 24.7 Å². The summed E-state index contributed by atoms with van der Waals surface area (Å²) in [5.41, 5.74) is 0.337. The molecule has 2 unspecified atom stereocenters. The van der Waals surface area contributed by atoms with Crippen LogP contribution in [0.25, 0.3) is 0 Å². The summed E-state index contributed by atoms with van der Waals surface area (Å²) >= 11 is 0. The number of carbonyl (C=O) groups is 1.